The fourth-order valence-corrected chi connectivity index (χ4v) is 7.10. The van der Waals surface area contributed by atoms with Crippen molar-refractivity contribution < 1.29 is 33.4 Å². The summed E-state index contributed by atoms with van der Waals surface area (Å²) >= 11 is 0. The lowest BCUT2D eigenvalue weighted by atomic mass is 9.79. The molecule has 1 fully saturated rings. The Labute approximate surface area is 239 Å². The first-order chi connectivity index (χ1) is 20.0. The first-order valence-corrected chi connectivity index (χ1v) is 14.3. The number of hydrogen-bond acceptors (Lipinski definition) is 8. The van der Waals surface area contributed by atoms with E-state index in [0.29, 0.717) is 48.2 Å². The van der Waals surface area contributed by atoms with Crippen LogP contribution in [0.25, 0.3) is 22.3 Å². The average Bonchev–Trinajstić information content (AvgIpc) is 3.30. The lowest BCUT2D eigenvalue weighted by Crippen LogP contribution is -2.44. The summed E-state index contributed by atoms with van der Waals surface area (Å²) < 4.78 is 27.0. The molecule has 4 aliphatic rings. The SMILES string of the molecule is CC[C@@]1(O)C(=O)OCc2c1cc1n(c2=O)Cc2c-1nc1cc(F)c(C)c3c1c2[C@@H](NC(=O)C1CC(OC(C)=O)C1)CC3. The van der Waals surface area contributed by atoms with Gasteiger partial charge in [0.05, 0.1) is 35.1 Å². The number of benzene rings is 1. The molecule has 42 heavy (non-hydrogen) atoms. The van der Waals surface area contributed by atoms with Gasteiger partial charge in [-0.15, -0.1) is 0 Å². The molecule has 4 heterocycles. The molecule has 1 saturated carbocycles. The Bertz CT molecular complexity index is 1810. The van der Waals surface area contributed by atoms with Crippen molar-refractivity contribution in [1.82, 2.24) is 14.9 Å². The second kappa shape index (κ2) is 9.19. The van der Waals surface area contributed by atoms with E-state index in [1.54, 1.807) is 24.5 Å². The Kier molecular flexibility index (Phi) is 5.85. The average molecular weight is 576 g/mol. The van der Waals surface area contributed by atoms with Crippen molar-refractivity contribution in [2.45, 2.75) is 83.8 Å². The number of pyridine rings is 2. The van der Waals surface area contributed by atoms with Crippen LogP contribution in [-0.2, 0) is 49.0 Å². The number of cyclic esters (lactones) is 1. The number of ether oxygens (including phenoxy) is 2. The topological polar surface area (TPSA) is 137 Å². The molecule has 2 aliphatic carbocycles. The Morgan fingerprint density at radius 1 is 1.24 bits per heavy atom. The molecule has 1 amide bonds. The summed E-state index contributed by atoms with van der Waals surface area (Å²) in [7, 11) is 0. The van der Waals surface area contributed by atoms with Gasteiger partial charge in [-0.25, -0.2) is 14.2 Å². The van der Waals surface area contributed by atoms with Gasteiger partial charge in [0.1, 0.15) is 18.5 Å². The minimum Gasteiger partial charge on any atom is -0.463 e. The van der Waals surface area contributed by atoms with Gasteiger partial charge >= 0.3 is 11.9 Å². The summed E-state index contributed by atoms with van der Waals surface area (Å²) in [4.78, 5) is 55.7. The number of amides is 1. The van der Waals surface area contributed by atoms with Gasteiger partial charge in [-0.1, -0.05) is 6.92 Å². The molecule has 218 valence electrons. The molecule has 0 unspecified atom stereocenters. The van der Waals surface area contributed by atoms with E-state index < -0.39 is 17.6 Å². The zero-order valence-electron chi connectivity index (χ0n) is 23.5. The van der Waals surface area contributed by atoms with Crippen LogP contribution < -0.4 is 10.9 Å². The number of rotatable bonds is 4. The number of carbonyl (C=O) groups is 3. The molecule has 10 nitrogen and oxygen atoms in total. The highest BCUT2D eigenvalue weighted by Crippen LogP contribution is 2.46. The predicted octanol–water partition coefficient (Wildman–Crippen LogP) is 2.97. The first-order valence-electron chi connectivity index (χ1n) is 14.3. The Balaban J connectivity index is 1.36. The second-order valence-electron chi connectivity index (χ2n) is 11.8. The summed E-state index contributed by atoms with van der Waals surface area (Å²) in [5.74, 6) is -1.99. The molecule has 2 atom stereocenters. The number of aromatic nitrogens is 2. The molecule has 1 aromatic carbocycles. The van der Waals surface area contributed by atoms with Crippen LogP contribution in [0.2, 0.25) is 0 Å². The van der Waals surface area contributed by atoms with E-state index in [9.17, 15) is 24.3 Å². The first kappa shape index (κ1) is 26.8. The zero-order chi connectivity index (χ0) is 29.7. The summed E-state index contributed by atoms with van der Waals surface area (Å²) in [6, 6.07) is 2.61. The summed E-state index contributed by atoms with van der Waals surface area (Å²) in [5.41, 5.74) is 2.30. The van der Waals surface area contributed by atoms with E-state index >= 15 is 4.39 Å². The number of esters is 2. The third-order valence-corrected chi connectivity index (χ3v) is 9.49. The molecule has 2 N–H and O–H groups in total. The van der Waals surface area contributed by atoms with E-state index in [1.165, 1.54) is 13.0 Å². The van der Waals surface area contributed by atoms with Crippen molar-refractivity contribution in [2.24, 2.45) is 5.92 Å². The van der Waals surface area contributed by atoms with Crippen LogP contribution in [0.15, 0.2) is 16.9 Å². The Hall–Kier alpha value is -4.12. The Morgan fingerprint density at radius 2 is 2.00 bits per heavy atom. The van der Waals surface area contributed by atoms with Crippen molar-refractivity contribution >= 4 is 28.7 Å². The van der Waals surface area contributed by atoms with E-state index in [2.05, 4.69) is 5.32 Å². The van der Waals surface area contributed by atoms with Gasteiger partial charge in [-0.2, -0.15) is 0 Å². The van der Waals surface area contributed by atoms with E-state index in [4.69, 9.17) is 14.5 Å². The molecule has 7 rings (SSSR count). The molecule has 0 radical (unpaired) electrons. The van der Waals surface area contributed by atoms with Gasteiger partial charge in [-0.05, 0) is 61.8 Å². The molecule has 11 heteroatoms. The number of nitrogens with one attached hydrogen (secondary N) is 1. The second-order valence-corrected chi connectivity index (χ2v) is 11.8. The number of hydrogen-bond donors (Lipinski definition) is 2. The van der Waals surface area contributed by atoms with Crippen molar-refractivity contribution in [2.75, 3.05) is 0 Å². The highest BCUT2D eigenvalue weighted by molar-refractivity contribution is 5.94. The normalized spacial score (nSPS) is 25.2. The van der Waals surface area contributed by atoms with E-state index in [-0.39, 0.29) is 66.0 Å². The van der Waals surface area contributed by atoms with Crippen LogP contribution >= 0.6 is 0 Å². The summed E-state index contributed by atoms with van der Waals surface area (Å²) in [5, 5.41) is 15.2. The standard InChI is InChI=1S/C31H30FN3O7/c1-4-31(40)20-9-24-27-18(11-35(24)29(38)19(20)12-41-30(31)39)26-22(34-28(37)15-7-16(8-15)42-14(3)36)6-5-17-13(2)21(32)10-23(33-27)25(17)26/h9-10,15-16,22,40H,4-8,11-12H2,1-3H3,(H,34,37)/t15?,16?,22-,31-/m0/s1. The van der Waals surface area contributed by atoms with Crippen LogP contribution in [0, 0.1) is 18.7 Å². The summed E-state index contributed by atoms with van der Waals surface area (Å²) in [6.07, 6.45) is 1.75. The number of nitrogens with zero attached hydrogens (tertiary/aromatic N) is 2. The van der Waals surface area contributed by atoms with Gasteiger partial charge in [0.25, 0.3) is 5.56 Å². The third kappa shape index (κ3) is 3.68. The maximum Gasteiger partial charge on any atom is 0.343 e. The van der Waals surface area contributed by atoms with Crippen LogP contribution in [0.5, 0.6) is 0 Å². The molecular weight excluding hydrogens is 545 g/mol. The smallest absolute Gasteiger partial charge is 0.343 e. The largest absolute Gasteiger partial charge is 0.463 e. The number of halogens is 1. The number of fused-ring (bicyclic) bond motifs is 5. The Morgan fingerprint density at radius 3 is 2.71 bits per heavy atom. The lowest BCUT2D eigenvalue weighted by molar-refractivity contribution is -0.172. The van der Waals surface area contributed by atoms with Gasteiger partial charge in [0.2, 0.25) is 5.91 Å². The van der Waals surface area contributed by atoms with Gasteiger partial charge in [0.15, 0.2) is 5.60 Å². The van der Waals surface area contributed by atoms with Crippen molar-refractivity contribution in [3.8, 4) is 11.4 Å². The minimum absolute atomic E-state index is 0.0203. The zero-order valence-corrected chi connectivity index (χ0v) is 23.5. The fourth-order valence-electron chi connectivity index (χ4n) is 7.10. The van der Waals surface area contributed by atoms with E-state index in [1.807, 2.05) is 0 Å². The van der Waals surface area contributed by atoms with Gasteiger partial charge in [0, 0.05) is 35.4 Å². The highest BCUT2D eigenvalue weighted by atomic mass is 19.1. The third-order valence-electron chi connectivity index (χ3n) is 9.49. The van der Waals surface area contributed by atoms with Crippen molar-refractivity contribution in [3.05, 3.63) is 61.7 Å². The fraction of sp³-hybridized carbons (Fsp3) is 0.452. The maximum absolute atomic E-state index is 15.1. The van der Waals surface area contributed by atoms with Crippen LogP contribution in [0.1, 0.15) is 79.0 Å². The predicted molar refractivity (Wildman–Crippen MR) is 147 cm³/mol. The quantitative estimate of drug-likeness (QED) is 0.355. The van der Waals surface area contributed by atoms with Gasteiger partial charge in [-0.3, -0.25) is 14.4 Å². The molecule has 3 aromatic rings. The molecule has 2 aliphatic heterocycles. The van der Waals surface area contributed by atoms with Crippen molar-refractivity contribution in [3.63, 3.8) is 0 Å². The van der Waals surface area contributed by atoms with Crippen LogP contribution in [0.4, 0.5) is 4.39 Å². The van der Waals surface area contributed by atoms with Crippen LogP contribution in [0.3, 0.4) is 0 Å². The monoisotopic (exact) mass is 575 g/mol. The van der Waals surface area contributed by atoms with Crippen LogP contribution in [-0.4, -0.2) is 38.6 Å². The number of aliphatic hydroxyl groups is 1. The molecule has 0 bridgehead atoms. The van der Waals surface area contributed by atoms with Crippen molar-refractivity contribution in [1.29, 1.82) is 0 Å². The van der Waals surface area contributed by atoms with E-state index in [0.717, 1.165) is 22.1 Å². The molecule has 2 aromatic heterocycles. The van der Waals surface area contributed by atoms with Gasteiger partial charge < -0.3 is 24.5 Å². The molecule has 0 spiro atoms. The molecular formula is C31H30FN3O7. The lowest BCUT2D eigenvalue weighted by Gasteiger charge is -2.36. The summed E-state index contributed by atoms with van der Waals surface area (Å²) in [6.45, 7) is 4.66. The number of aryl methyl sites for hydroxylation is 1. The molecule has 0 saturated heterocycles. The highest BCUT2D eigenvalue weighted by Gasteiger charge is 2.46. The maximum atomic E-state index is 15.1. The minimum atomic E-state index is -1.96. The number of carbonyl (C=O) groups excluding carboxylic acids is 3.